The van der Waals surface area contributed by atoms with E-state index in [0.29, 0.717) is 24.2 Å². The molecule has 7 heteroatoms. The Morgan fingerprint density at radius 3 is 2.25 bits per heavy atom. The zero-order valence-corrected chi connectivity index (χ0v) is 22.1. The molecule has 0 saturated carbocycles. The number of para-hydroxylation sites is 1. The summed E-state index contributed by atoms with van der Waals surface area (Å²) in [6, 6.07) is 22.0. The lowest BCUT2D eigenvalue weighted by Crippen LogP contribution is -2.17. The number of carbonyl (C=O) groups is 1. The van der Waals surface area contributed by atoms with Crippen LogP contribution in [0.2, 0.25) is 18.1 Å². The monoisotopic (exact) mass is 514 g/mol. The number of carboxylic acids is 1. The van der Waals surface area contributed by atoms with Gasteiger partial charge in [0.05, 0.1) is 11.1 Å². The van der Waals surface area contributed by atoms with E-state index >= 15 is 0 Å². The van der Waals surface area contributed by atoms with Crippen LogP contribution in [0.5, 0.6) is 5.75 Å². The minimum atomic E-state index is -4.38. The molecule has 0 amide bonds. The van der Waals surface area contributed by atoms with Crippen molar-refractivity contribution in [2.45, 2.75) is 64.0 Å². The number of hydrogen-bond donors (Lipinski definition) is 1. The van der Waals surface area contributed by atoms with Gasteiger partial charge < -0.3 is 9.84 Å². The number of aromatic carboxylic acids is 1. The molecule has 36 heavy (non-hydrogen) atoms. The van der Waals surface area contributed by atoms with E-state index in [9.17, 15) is 23.1 Å². The zero-order chi connectivity index (χ0) is 26.3. The van der Waals surface area contributed by atoms with Crippen LogP contribution in [0.25, 0.3) is 11.1 Å². The van der Waals surface area contributed by atoms with Gasteiger partial charge in [0.1, 0.15) is 11.9 Å². The Bertz CT molecular complexity index is 1170. The van der Waals surface area contributed by atoms with Gasteiger partial charge in [-0.05, 0) is 34.9 Å². The summed E-state index contributed by atoms with van der Waals surface area (Å²) in [5, 5.41) is 9.22. The van der Waals surface area contributed by atoms with Crippen molar-refractivity contribution >= 4 is 14.8 Å². The number of benzene rings is 3. The van der Waals surface area contributed by atoms with Crippen LogP contribution in [0.3, 0.4) is 0 Å². The molecule has 3 aromatic rings. The molecular formula is C29H33F3O3Si. The van der Waals surface area contributed by atoms with Crippen molar-refractivity contribution in [2.24, 2.45) is 0 Å². The van der Waals surface area contributed by atoms with E-state index in [1.165, 1.54) is 30.3 Å². The van der Waals surface area contributed by atoms with Crippen LogP contribution in [0.4, 0.5) is 13.2 Å². The maximum Gasteiger partial charge on any atom is 0.416 e. The molecule has 4 rings (SSSR count). The summed E-state index contributed by atoms with van der Waals surface area (Å²) in [4.78, 5) is 11.3. The predicted octanol–water partition coefficient (Wildman–Crippen LogP) is 7.89. The second-order valence-corrected chi connectivity index (χ2v) is 13.3. The highest BCUT2D eigenvalue weighted by Gasteiger charge is 2.31. The fourth-order valence-corrected chi connectivity index (χ4v) is 6.23. The molecule has 1 heterocycles. The van der Waals surface area contributed by atoms with E-state index in [4.69, 9.17) is 4.74 Å². The SMILES string of the molecule is CC[SiH](CC)CC.O=C(O)c1cccc(-c2cccc3c2OC(Cc2cccc(C(F)(F)F)c2)C3)c1. The second-order valence-electron chi connectivity index (χ2n) is 9.12. The van der Waals surface area contributed by atoms with Crippen molar-refractivity contribution in [1.29, 1.82) is 0 Å². The quantitative estimate of drug-likeness (QED) is 0.326. The van der Waals surface area contributed by atoms with Crippen molar-refractivity contribution in [3.8, 4) is 16.9 Å². The fourth-order valence-electron chi connectivity index (χ4n) is 4.50. The summed E-state index contributed by atoms with van der Waals surface area (Å²) in [5.41, 5.74) is 2.53. The van der Waals surface area contributed by atoms with E-state index in [1.807, 2.05) is 24.3 Å². The third kappa shape index (κ3) is 7.00. The largest absolute Gasteiger partial charge is 0.489 e. The fraction of sp³-hybridized carbons (Fsp3) is 0.345. The molecule has 0 spiro atoms. The molecule has 192 valence electrons. The molecule has 0 fully saturated rings. The van der Waals surface area contributed by atoms with Gasteiger partial charge in [0.25, 0.3) is 0 Å². The summed E-state index contributed by atoms with van der Waals surface area (Å²) >= 11 is 0. The van der Waals surface area contributed by atoms with Gasteiger partial charge in [-0.1, -0.05) is 87.4 Å². The molecule has 1 aliphatic heterocycles. The lowest BCUT2D eigenvalue weighted by Gasteiger charge is -2.14. The molecule has 3 nitrogen and oxygen atoms in total. The number of rotatable bonds is 7. The van der Waals surface area contributed by atoms with Gasteiger partial charge in [-0.15, -0.1) is 0 Å². The molecular weight excluding hydrogens is 481 g/mol. The highest BCUT2D eigenvalue weighted by atomic mass is 28.3. The first-order valence-electron chi connectivity index (χ1n) is 12.4. The number of carboxylic acid groups (broad SMARTS) is 1. The summed E-state index contributed by atoms with van der Waals surface area (Å²) in [5.74, 6) is -0.352. The van der Waals surface area contributed by atoms with E-state index in [0.717, 1.165) is 28.8 Å². The van der Waals surface area contributed by atoms with Gasteiger partial charge in [-0.25, -0.2) is 4.79 Å². The van der Waals surface area contributed by atoms with Crippen molar-refractivity contribution in [3.63, 3.8) is 0 Å². The van der Waals surface area contributed by atoms with Crippen LogP contribution >= 0.6 is 0 Å². The number of fused-ring (bicyclic) bond motifs is 1. The first-order chi connectivity index (χ1) is 17.2. The lowest BCUT2D eigenvalue weighted by atomic mass is 9.98. The number of halogens is 3. The molecule has 0 aliphatic carbocycles. The summed E-state index contributed by atoms with van der Waals surface area (Å²) in [6.45, 7) is 6.97. The van der Waals surface area contributed by atoms with E-state index in [-0.39, 0.29) is 20.5 Å². The van der Waals surface area contributed by atoms with Crippen LogP contribution in [0.1, 0.15) is 47.8 Å². The average molecular weight is 515 g/mol. The van der Waals surface area contributed by atoms with Crippen molar-refractivity contribution in [1.82, 2.24) is 0 Å². The third-order valence-electron chi connectivity index (χ3n) is 6.70. The van der Waals surface area contributed by atoms with Gasteiger partial charge >= 0.3 is 12.1 Å². The Labute approximate surface area is 212 Å². The van der Waals surface area contributed by atoms with E-state index < -0.39 is 17.7 Å². The van der Waals surface area contributed by atoms with Crippen molar-refractivity contribution in [2.75, 3.05) is 0 Å². The Hall–Kier alpha value is -3.06. The topological polar surface area (TPSA) is 46.5 Å². The molecule has 1 unspecified atom stereocenters. The highest BCUT2D eigenvalue weighted by molar-refractivity contribution is 6.58. The van der Waals surface area contributed by atoms with Gasteiger partial charge in [-0.3, -0.25) is 0 Å². The molecule has 0 bridgehead atoms. The molecule has 1 atom stereocenters. The van der Waals surface area contributed by atoms with Gasteiger partial charge in [-0.2, -0.15) is 13.2 Å². The molecule has 0 saturated heterocycles. The number of hydrogen-bond acceptors (Lipinski definition) is 2. The van der Waals surface area contributed by atoms with Crippen LogP contribution in [0, 0.1) is 0 Å². The summed E-state index contributed by atoms with van der Waals surface area (Å²) < 4.78 is 45.0. The maximum atomic E-state index is 13.0. The van der Waals surface area contributed by atoms with Gasteiger partial charge in [0.15, 0.2) is 0 Å². The Morgan fingerprint density at radius 2 is 1.64 bits per heavy atom. The Morgan fingerprint density at radius 1 is 0.972 bits per heavy atom. The zero-order valence-electron chi connectivity index (χ0n) is 20.9. The first-order valence-corrected chi connectivity index (χ1v) is 14.9. The highest BCUT2D eigenvalue weighted by Crippen LogP contribution is 2.40. The molecule has 3 aromatic carbocycles. The first kappa shape index (κ1) is 27.5. The Kier molecular flexibility index (Phi) is 9.37. The number of ether oxygens (including phenoxy) is 1. The molecule has 1 N–H and O–H groups in total. The van der Waals surface area contributed by atoms with Crippen LogP contribution < -0.4 is 4.74 Å². The molecule has 0 aromatic heterocycles. The average Bonchev–Trinajstić information content (AvgIpc) is 3.27. The smallest absolute Gasteiger partial charge is 0.416 e. The van der Waals surface area contributed by atoms with Crippen LogP contribution in [-0.2, 0) is 19.0 Å². The van der Waals surface area contributed by atoms with Crippen molar-refractivity contribution < 1.29 is 27.8 Å². The molecule has 1 aliphatic rings. The van der Waals surface area contributed by atoms with Gasteiger partial charge in [0, 0.05) is 27.2 Å². The predicted molar refractivity (Wildman–Crippen MR) is 141 cm³/mol. The normalized spacial score (nSPS) is 14.6. The summed E-state index contributed by atoms with van der Waals surface area (Å²) in [6.07, 6.45) is -3.72. The van der Waals surface area contributed by atoms with Crippen LogP contribution in [-0.4, -0.2) is 26.0 Å². The number of alkyl halides is 3. The standard InChI is InChI=1S/C23H17F3O3.C6H16Si/c24-23(25,26)18-8-1-4-14(10-18)11-19-13-16-6-3-9-20(21(16)29-19)15-5-2-7-17(12-15)22(27)28;1-4-7(5-2)6-3/h1-10,12,19H,11,13H2,(H,27,28);7H,4-6H2,1-3H3. The maximum absolute atomic E-state index is 13.0. The second kappa shape index (κ2) is 12.3. The van der Waals surface area contributed by atoms with Crippen LogP contribution in [0.15, 0.2) is 66.7 Å². The van der Waals surface area contributed by atoms with E-state index in [2.05, 4.69) is 20.8 Å². The lowest BCUT2D eigenvalue weighted by molar-refractivity contribution is -0.137. The van der Waals surface area contributed by atoms with Gasteiger partial charge in [0.2, 0.25) is 0 Å². The van der Waals surface area contributed by atoms with E-state index in [1.54, 1.807) is 18.2 Å². The minimum absolute atomic E-state index is 0.171. The van der Waals surface area contributed by atoms with Crippen molar-refractivity contribution in [3.05, 3.63) is 89.0 Å². The minimum Gasteiger partial charge on any atom is -0.489 e. The Balaban J connectivity index is 0.000000454. The summed E-state index contributed by atoms with van der Waals surface area (Å²) in [7, 11) is -0.171. The molecule has 0 radical (unpaired) electrons. The third-order valence-corrected chi connectivity index (χ3v) is 10.2.